The van der Waals surface area contributed by atoms with E-state index in [4.69, 9.17) is 4.74 Å². The molecule has 0 aromatic heterocycles. The fourth-order valence-corrected chi connectivity index (χ4v) is 3.38. The van der Waals surface area contributed by atoms with Gasteiger partial charge in [0.25, 0.3) is 0 Å². The molecule has 0 heterocycles. The van der Waals surface area contributed by atoms with Crippen LogP contribution in [0.2, 0.25) is 0 Å². The van der Waals surface area contributed by atoms with E-state index in [1.165, 1.54) is 4.90 Å². The van der Waals surface area contributed by atoms with Crippen molar-refractivity contribution in [2.24, 2.45) is 0 Å². The maximum atomic E-state index is 13.4. The van der Waals surface area contributed by atoms with Crippen LogP contribution in [0.25, 0.3) is 0 Å². The van der Waals surface area contributed by atoms with E-state index in [-0.39, 0.29) is 12.5 Å². The third-order valence-corrected chi connectivity index (χ3v) is 4.66. The van der Waals surface area contributed by atoms with E-state index in [0.717, 1.165) is 29.5 Å². The van der Waals surface area contributed by atoms with Gasteiger partial charge in [0.15, 0.2) is 0 Å². The number of aryl methyl sites for hydroxylation is 2. The van der Waals surface area contributed by atoms with Gasteiger partial charge in [0, 0.05) is 13.1 Å². The molecule has 1 rings (SSSR count). The molecule has 0 aliphatic rings. The van der Waals surface area contributed by atoms with Crippen LogP contribution in [0.1, 0.15) is 70.2 Å². The predicted molar refractivity (Wildman–Crippen MR) is 127 cm³/mol. The molecule has 2 atom stereocenters. The highest BCUT2D eigenvalue weighted by Gasteiger charge is 2.34. The number of benzene rings is 1. The van der Waals surface area contributed by atoms with Crippen LogP contribution in [0, 0.1) is 13.8 Å². The number of alkyl carbamates (subject to hydrolysis) is 1. The average Bonchev–Trinajstić information content (AvgIpc) is 2.64. The smallest absolute Gasteiger partial charge is 0.408 e. The van der Waals surface area contributed by atoms with Crippen molar-refractivity contribution < 1.29 is 19.1 Å². The van der Waals surface area contributed by atoms with Crippen molar-refractivity contribution in [2.45, 2.75) is 79.0 Å². The Kier molecular flexibility index (Phi) is 10.4. The zero-order chi connectivity index (χ0) is 24.5. The monoisotopic (exact) mass is 445 g/mol. The van der Waals surface area contributed by atoms with Gasteiger partial charge in [0.2, 0.25) is 11.8 Å². The van der Waals surface area contributed by atoms with Gasteiger partial charge in [0.1, 0.15) is 17.7 Å². The van der Waals surface area contributed by atoms with Crippen LogP contribution in [0.3, 0.4) is 0 Å². The van der Waals surface area contributed by atoms with Crippen molar-refractivity contribution in [2.75, 3.05) is 13.1 Å². The van der Waals surface area contributed by atoms with Crippen molar-refractivity contribution in [1.29, 1.82) is 0 Å². The van der Waals surface area contributed by atoms with Gasteiger partial charge in [0.05, 0.1) is 0 Å². The van der Waals surface area contributed by atoms with Gasteiger partial charge in [-0.25, -0.2) is 4.79 Å². The van der Waals surface area contributed by atoms with Crippen LogP contribution in [-0.2, 0) is 14.3 Å². The maximum absolute atomic E-state index is 13.4. The standard InChI is InChI=1S/C25H39N3O4/c1-9-11-12-26-22(29)21(20-15-17(3)14-18(4)16-20)28(13-10-2)23(30)19(5)27-24(31)32-25(6,7)8/h10,14-16,19,21H,2,9,11-13H2,1,3-8H3,(H,26,29)(H,27,31). The summed E-state index contributed by atoms with van der Waals surface area (Å²) in [5, 5.41) is 5.52. The summed E-state index contributed by atoms with van der Waals surface area (Å²) in [6.45, 7) is 17.2. The Bertz CT molecular complexity index is 794. The van der Waals surface area contributed by atoms with E-state index in [1.807, 2.05) is 39.0 Å². The lowest BCUT2D eigenvalue weighted by Gasteiger charge is -2.33. The highest BCUT2D eigenvalue weighted by atomic mass is 16.6. The molecule has 7 nitrogen and oxygen atoms in total. The number of carbonyl (C=O) groups excluding carboxylic acids is 3. The maximum Gasteiger partial charge on any atom is 0.408 e. The fourth-order valence-electron chi connectivity index (χ4n) is 3.38. The Hall–Kier alpha value is -2.83. The number of rotatable bonds is 10. The molecule has 3 amide bonds. The minimum Gasteiger partial charge on any atom is -0.444 e. The molecule has 0 fully saturated rings. The molecular formula is C25H39N3O4. The minimum atomic E-state index is -0.887. The Morgan fingerprint density at radius 3 is 2.25 bits per heavy atom. The number of unbranched alkanes of at least 4 members (excludes halogenated alkanes) is 1. The molecule has 0 aliphatic carbocycles. The van der Waals surface area contributed by atoms with Crippen LogP contribution in [0.4, 0.5) is 4.79 Å². The zero-order valence-corrected chi connectivity index (χ0v) is 20.6. The fraction of sp³-hybridized carbons (Fsp3) is 0.560. The summed E-state index contributed by atoms with van der Waals surface area (Å²) >= 11 is 0. The molecule has 0 saturated carbocycles. The van der Waals surface area contributed by atoms with Gasteiger partial charge < -0.3 is 20.3 Å². The summed E-state index contributed by atoms with van der Waals surface area (Å²) in [5.74, 6) is -0.659. The topological polar surface area (TPSA) is 87.7 Å². The number of nitrogens with zero attached hydrogens (tertiary/aromatic N) is 1. The molecule has 0 radical (unpaired) electrons. The van der Waals surface area contributed by atoms with Gasteiger partial charge in [-0.3, -0.25) is 9.59 Å². The van der Waals surface area contributed by atoms with E-state index in [1.54, 1.807) is 33.8 Å². The van der Waals surface area contributed by atoms with Crippen LogP contribution < -0.4 is 10.6 Å². The molecule has 2 N–H and O–H groups in total. The molecule has 0 aliphatic heterocycles. The van der Waals surface area contributed by atoms with Gasteiger partial charge in [-0.05, 0) is 53.5 Å². The summed E-state index contributed by atoms with van der Waals surface area (Å²) in [7, 11) is 0. The Labute approximate surface area is 192 Å². The summed E-state index contributed by atoms with van der Waals surface area (Å²) in [6, 6.07) is 4.10. The van der Waals surface area contributed by atoms with Crippen molar-refractivity contribution in [3.05, 3.63) is 47.5 Å². The SMILES string of the molecule is C=CCN(C(=O)C(C)NC(=O)OC(C)(C)C)C(C(=O)NCCCC)c1cc(C)cc(C)c1. The molecule has 7 heteroatoms. The van der Waals surface area contributed by atoms with Crippen molar-refractivity contribution in [3.63, 3.8) is 0 Å². The first-order chi connectivity index (χ1) is 14.9. The third-order valence-electron chi connectivity index (χ3n) is 4.66. The second-order valence-electron chi connectivity index (χ2n) is 9.12. The molecular weight excluding hydrogens is 406 g/mol. The molecule has 178 valence electrons. The normalized spacial score (nSPS) is 13.0. The lowest BCUT2D eigenvalue weighted by Crippen LogP contribution is -2.52. The summed E-state index contributed by atoms with van der Waals surface area (Å²) in [4.78, 5) is 40.3. The average molecular weight is 446 g/mol. The van der Waals surface area contributed by atoms with Crippen LogP contribution in [-0.4, -0.2) is 47.5 Å². The molecule has 0 bridgehead atoms. The van der Waals surface area contributed by atoms with E-state index < -0.39 is 29.7 Å². The van der Waals surface area contributed by atoms with Crippen LogP contribution in [0.5, 0.6) is 0 Å². The van der Waals surface area contributed by atoms with E-state index in [2.05, 4.69) is 17.2 Å². The summed E-state index contributed by atoms with van der Waals surface area (Å²) < 4.78 is 5.27. The zero-order valence-electron chi connectivity index (χ0n) is 20.6. The number of hydrogen-bond donors (Lipinski definition) is 2. The molecule has 32 heavy (non-hydrogen) atoms. The lowest BCUT2D eigenvalue weighted by atomic mass is 9.98. The Balaban J connectivity index is 3.27. The third kappa shape index (κ3) is 8.73. The minimum absolute atomic E-state index is 0.151. The van der Waals surface area contributed by atoms with Crippen LogP contribution in [0.15, 0.2) is 30.9 Å². The quantitative estimate of drug-likeness (QED) is 0.418. The van der Waals surface area contributed by atoms with E-state index >= 15 is 0 Å². The first kappa shape index (κ1) is 27.2. The summed E-state index contributed by atoms with van der Waals surface area (Å²) in [6.07, 6.45) is 2.68. The highest BCUT2D eigenvalue weighted by molar-refractivity contribution is 5.92. The second-order valence-corrected chi connectivity index (χ2v) is 9.12. The summed E-state index contributed by atoms with van der Waals surface area (Å²) in [5.41, 5.74) is 2.03. The second kappa shape index (κ2) is 12.3. The molecule has 2 unspecified atom stereocenters. The first-order valence-corrected chi connectivity index (χ1v) is 11.2. The number of ether oxygens (including phenoxy) is 1. The molecule has 1 aromatic carbocycles. The largest absolute Gasteiger partial charge is 0.444 e. The predicted octanol–water partition coefficient (Wildman–Crippen LogP) is 4.19. The number of amides is 3. The van der Waals surface area contributed by atoms with Crippen molar-refractivity contribution >= 4 is 17.9 Å². The first-order valence-electron chi connectivity index (χ1n) is 11.2. The number of nitrogens with one attached hydrogen (secondary N) is 2. The van der Waals surface area contributed by atoms with Gasteiger partial charge in [-0.1, -0.05) is 48.7 Å². The Morgan fingerprint density at radius 2 is 1.75 bits per heavy atom. The van der Waals surface area contributed by atoms with E-state index in [0.29, 0.717) is 6.54 Å². The molecule has 1 aromatic rings. The number of hydrogen-bond acceptors (Lipinski definition) is 4. The van der Waals surface area contributed by atoms with Crippen molar-refractivity contribution in [3.8, 4) is 0 Å². The van der Waals surface area contributed by atoms with Crippen LogP contribution >= 0.6 is 0 Å². The molecule has 0 saturated heterocycles. The Morgan fingerprint density at radius 1 is 1.16 bits per heavy atom. The lowest BCUT2D eigenvalue weighted by molar-refractivity contribution is -0.141. The van der Waals surface area contributed by atoms with Gasteiger partial charge in [-0.15, -0.1) is 6.58 Å². The number of carbonyl (C=O) groups is 3. The molecule has 0 spiro atoms. The highest BCUT2D eigenvalue weighted by Crippen LogP contribution is 2.25. The van der Waals surface area contributed by atoms with Gasteiger partial charge >= 0.3 is 6.09 Å². The van der Waals surface area contributed by atoms with Crippen molar-refractivity contribution in [1.82, 2.24) is 15.5 Å². The van der Waals surface area contributed by atoms with E-state index in [9.17, 15) is 14.4 Å². The van der Waals surface area contributed by atoms with Gasteiger partial charge in [-0.2, -0.15) is 0 Å².